The van der Waals surface area contributed by atoms with Crippen molar-refractivity contribution in [2.75, 3.05) is 13.7 Å². The molecule has 0 aliphatic carbocycles. The van der Waals surface area contributed by atoms with E-state index in [1.165, 1.54) is 25.3 Å². The minimum atomic E-state index is -1.73. The maximum absolute atomic E-state index is 12.5. The van der Waals surface area contributed by atoms with E-state index in [-0.39, 0.29) is 22.8 Å². The molecule has 1 aliphatic rings. The molecule has 11 nitrogen and oxygen atoms in total. The quantitative estimate of drug-likeness (QED) is 0.165. The van der Waals surface area contributed by atoms with E-state index in [1.54, 1.807) is 6.07 Å². The molecule has 0 bridgehead atoms. The molecule has 2 aromatic rings. The highest BCUT2D eigenvalue weighted by Gasteiger charge is 2.45. The standard InChI is InChI=1S/C22H24O11/c1-31-14-6-3-10(8-13(14)25)2-5-12(24)11-4-7-15(18(27)17(11)26)32-22-21(30)20(29)19(28)16(9-23)33-22/h2-8,16,19-23,25-30H,9H2,1H3/b5-2+/t16-,19-,20+,21-,22-/m1/s1. The van der Waals surface area contributed by atoms with Crippen LogP contribution < -0.4 is 9.47 Å². The molecule has 1 fully saturated rings. The van der Waals surface area contributed by atoms with E-state index < -0.39 is 54.6 Å². The normalized spacial score (nSPS) is 25.2. The number of carbonyl (C=O) groups is 1. The van der Waals surface area contributed by atoms with Crippen LogP contribution in [0, 0.1) is 0 Å². The van der Waals surface area contributed by atoms with E-state index in [4.69, 9.17) is 14.2 Å². The topological polar surface area (TPSA) is 186 Å². The second kappa shape index (κ2) is 10.1. The maximum atomic E-state index is 12.5. The highest BCUT2D eigenvalue weighted by molar-refractivity contribution is 6.09. The van der Waals surface area contributed by atoms with Gasteiger partial charge in [-0.1, -0.05) is 12.1 Å². The number of hydrogen-bond donors (Lipinski definition) is 7. The van der Waals surface area contributed by atoms with E-state index in [2.05, 4.69) is 0 Å². The zero-order valence-electron chi connectivity index (χ0n) is 17.4. The molecule has 11 heteroatoms. The second-order valence-corrected chi connectivity index (χ2v) is 7.25. The van der Waals surface area contributed by atoms with Crippen LogP contribution in [0.15, 0.2) is 36.4 Å². The molecule has 1 saturated heterocycles. The van der Waals surface area contributed by atoms with Crippen LogP contribution in [-0.2, 0) is 4.74 Å². The van der Waals surface area contributed by atoms with Gasteiger partial charge in [0.1, 0.15) is 24.4 Å². The van der Waals surface area contributed by atoms with Crippen LogP contribution in [0.25, 0.3) is 6.08 Å². The average molecular weight is 464 g/mol. The Bertz CT molecular complexity index is 1030. The van der Waals surface area contributed by atoms with Gasteiger partial charge in [0, 0.05) is 0 Å². The van der Waals surface area contributed by atoms with E-state index in [0.29, 0.717) is 5.56 Å². The number of allylic oxidation sites excluding steroid dienone is 1. The summed E-state index contributed by atoms with van der Waals surface area (Å²) in [4.78, 5) is 12.5. The van der Waals surface area contributed by atoms with Crippen LogP contribution in [0.2, 0.25) is 0 Å². The van der Waals surface area contributed by atoms with Crippen molar-refractivity contribution < 1.29 is 54.8 Å². The van der Waals surface area contributed by atoms with Gasteiger partial charge in [-0.3, -0.25) is 4.79 Å². The number of aromatic hydroxyl groups is 3. The SMILES string of the molecule is COc1ccc(/C=C/C(=O)c2ccc(O[C@@H]3O[C@H](CO)[C@@H](O)[C@H](O)[C@H]3O)c(O)c2O)cc1O. The van der Waals surface area contributed by atoms with Gasteiger partial charge in [0.25, 0.3) is 0 Å². The summed E-state index contributed by atoms with van der Waals surface area (Å²) in [5.74, 6) is -2.54. The first-order valence-electron chi connectivity index (χ1n) is 9.79. The maximum Gasteiger partial charge on any atom is 0.229 e. The number of rotatable bonds is 7. The summed E-state index contributed by atoms with van der Waals surface area (Å²) in [5.41, 5.74) is 0.218. The molecule has 7 N–H and O–H groups in total. The summed E-state index contributed by atoms with van der Waals surface area (Å²) in [7, 11) is 1.40. The number of hydrogen-bond acceptors (Lipinski definition) is 11. The lowest BCUT2D eigenvalue weighted by atomic mass is 9.99. The number of carbonyl (C=O) groups excluding carboxylic acids is 1. The summed E-state index contributed by atoms with van der Waals surface area (Å²) in [6.45, 7) is -0.673. The smallest absolute Gasteiger partial charge is 0.229 e. The molecule has 3 rings (SSSR count). The van der Waals surface area contributed by atoms with Crippen molar-refractivity contribution in [3.63, 3.8) is 0 Å². The zero-order valence-corrected chi connectivity index (χ0v) is 17.4. The van der Waals surface area contributed by atoms with Crippen LogP contribution in [0.3, 0.4) is 0 Å². The number of aliphatic hydroxyl groups is 4. The lowest BCUT2D eigenvalue weighted by Gasteiger charge is -2.39. The summed E-state index contributed by atoms with van der Waals surface area (Å²) < 4.78 is 15.4. The van der Waals surface area contributed by atoms with Crippen molar-refractivity contribution >= 4 is 11.9 Å². The largest absolute Gasteiger partial charge is 0.504 e. The lowest BCUT2D eigenvalue weighted by Crippen LogP contribution is -2.60. The Labute approximate surface area is 188 Å². The summed E-state index contributed by atoms with van der Waals surface area (Å²) in [6.07, 6.45) is -5.33. The van der Waals surface area contributed by atoms with Crippen molar-refractivity contribution in [3.05, 3.63) is 47.5 Å². The van der Waals surface area contributed by atoms with Crippen LogP contribution in [0.4, 0.5) is 0 Å². The van der Waals surface area contributed by atoms with Gasteiger partial charge < -0.3 is 50.0 Å². The van der Waals surface area contributed by atoms with Gasteiger partial charge in [0.2, 0.25) is 12.0 Å². The van der Waals surface area contributed by atoms with Crippen molar-refractivity contribution in [1.82, 2.24) is 0 Å². The Hall–Kier alpha value is -3.35. The molecule has 0 aromatic heterocycles. The fraction of sp³-hybridized carbons (Fsp3) is 0.318. The number of aliphatic hydroxyl groups excluding tert-OH is 4. The van der Waals surface area contributed by atoms with E-state index in [0.717, 1.165) is 18.2 Å². The van der Waals surface area contributed by atoms with Gasteiger partial charge >= 0.3 is 0 Å². The summed E-state index contributed by atoms with van der Waals surface area (Å²) >= 11 is 0. The molecule has 1 heterocycles. The highest BCUT2D eigenvalue weighted by Crippen LogP contribution is 2.40. The molecule has 0 saturated carbocycles. The van der Waals surface area contributed by atoms with Crippen LogP contribution in [-0.4, -0.2) is 86.0 Å². The third kappa shape index (κ3) is 5.02. The van der Waals surface area contributed by atoms with E-state index >= 15 is 0 Å². The molecule has 2 aromatic carbocycles. The number of benzene rings is 2. The average Bonchev–Trinajstić information content (AvgIpc) is 2.80. The molecule has 1 aliphatic heterocycles. The minimum Gasteiger partial charge on any atom is -0.504 e. The third-order valence-corrected chi connectivity index (χ3v) is 5.10. The first kappa shape index (κ1) is 24.3. The highest BCUT2D eigenvalue weighted by atomic mass is 16.7. The Morgan fingerprint density at radius 2 is 1.70 bits per heavy atom. The van der Waals surface area contributed by atoms with Crippen molar-refractivity contribution in [1.29, 1.82) is 0 Å². The first-order valence-corrected chi connectivity index (χ1v) is 9.79. The summed E-state index contributed by atoms with van der Waals surface area (Å²) in [5, 5.41) is 69.2. The molecule has 5 atom stereocenters. The molecule has 0 spiro atoms. The van der Waals surface area contributed by atoms with Gasteiger partial charge in [-0.2, -0.15) is 0 Å². The van der Waals surface area contributed by atoms with Crippen LogP contribution >= 0.6 is 0 Å². The van der Waals surface area contributed by atoms with E-state index in [9.17, 15) is 40.5 Å². The molecule has 33 heavy (non-hydrogen) atoms. The summed E-state index contributed by atoms with van der Waals surface area (Å²) in [6, 6.07) is 6.77. The Balaban J connectivity index is 1.77. The second-order valence-electron chi connectivity index (χ2n) is 7.25. The molecular weight excluding hydrogens is 440 g/mol. The lowest BCUT2D eigenvalue weighted by molar-refractivity contribution is -0.277. The van der Waals surface area contributed by atoms with Crippen molar-refractivity contribution in [3.8, 4) is 28.7 Å². The Kier molecular flexibility index (Phi) is 7.41. The number of phenolic OH excluding ortho intramolecular Hbond substituents is 3. The number of ketones is 1. The first-order chi connectivity index (χ1) is 15.7. The predicted octanol–water partition coefficient (Wildman–Crippen LogP) is -0.113. The van der Waals surface area contributed by atoms with Gasteiger partial charge in [-0.05, 0) is 35.9 Å². The molecular formula is C22H24O11. The third-order valence-electron chi connectivity index (χ3n) is 5.10. The van der Waals surface area contributed by atoms with Gasteiger partial charge in [-0.25, -0.2) is 0 Å². The zero-order chi connectivity index (χ0) is 24.3. The monoisotopic (exact) mass is 464 g/mol. The molecule has 178 valence electrons. The Morgan fingerprint density at radius 1 is 1.00 bits per heavy atom. The predicted molar refractivity (Wildman–Crippen MR) is 112 cm³/mol. The van der Waals surface area contributed by atoms with Crippen molar-refractivity contribution in [2.24, 2.45) is 0 Å². The van der Waals surface area contributed by atoms with Gasteiger partial charge in [0.15, 0.2) is 28.8 Å². The fourth-order valence-electron chi connectivity index (χ4n) is 3.22. The van der Waals surface area contributed by atoms with Crippen LogP contribution in [0.1, 0.15) is 15.9 Å². The minimum absolute atomic E-state index is 0.123. The van der Waals surface area contributed by atoms with Crippen LogP contribution in [0.5, 0.6) is 28.7 Å². The molecule has 0 unspecified atom stereocenters. The van der Waals surface area contributed by atoms with Gasteiger partial charge in [-0.15, -0.1) is 0 Å². The molecule has 0 amide bonds. The number of methoxy groups -OCH3 is 1. The fourth-order valence-corrected chi connectivity index (χ4v) is 3.22. The van der Waals surface area contributed by atoms with Gasteiger partial charge in [0.05, 0.1) is 19.3 Å². The van der Waals surface area contributed by atoms with E-state index in [1.807, 2.05) is 0 Å². The van der Waals surface area contributed by atoms with Crippen molar-refractivity contribution in [2.45, 2.75) is 30.7 Å². The number of phenols is 3. The number of ether oxygens (including phenoxy) is 3. The molecule has 0 radical (unpaired) electrons. The Morgan fingerprint density at radius 3 is 2.33 bits per heavy atom.